The number of carbonyl (C=O) groups excluding carboxylic acids is 6. The molecule has 1 aromatic rings. The molecule has 0 spiro atoms. The van der Waals surface area contributed by atoms with E-state index >= 15 is 0 Å². The fraction of sp³-hybridized carbons (Fsp3) is 0.786. The Balaban J connectivity index is 2.12. The Bertz CT molecular complexity index is 1700. The second-order valence-electron chi connectivity index (χ2n) is 16.0. The summed E-state index contributed by atoms with van der Waals surface area (Å²) in [6, 6.07) is -2.89. The van der Waals surface area contributed by atoms with Crippen LogP contribution in [0.1, 0.15) is 154 Å². The molecular weight excluding hydrogens is 887 g/mol. The summed E-state index contributed by atoms with van der Waals surface area (Å²) in [6.07, 6.45) is 13.7. The number of sulfonamides is 1. The first-order valence-electron chi connectivity index (χ1n) is 23.1. The number of ketones is 1. The van der Waals surface area contributed by atoms with Gasteiger partial charge in [-0.25, -0.2) is 18.0 Å². The van der Waals surface area contributed by atoms with E-state index in [0.29, 0.717) is 6.42 Å². The molecule has 0 aromatic carbocycles. The predicted molar refractivity (Wildman–Crippen MR) is 239 cm³/mol. The zero-order chi connectivity index (χ0) is 48.8. The Morgan fingerprint density at radius 1 is 0.576 bits per heavy atom. The number of H-pyrrole nitrogens is 1. The Morgan fingerprint density at radius 2 is 1.06 bits per heavy atom. The Morgan fingerprint density at radius 3 is 1.62 bits per heavy atom. The summed E-state index contributed by atoms with van der Waals surface area (Å²) in [4.78, 5) is 95.5. The maximum absolute atomic E-state index is 12.4. The van der Waals surface area contributed by atoms with Gasteiger partial charge in [0.05, 0.1) is 25.6 Å². The number of aliphatic carboxylic acids is 2. The average Bonchev–Trinajstić information content (AvgIpc) is 3.78. The molecule has 1 rings (SSSR count). The summed E-state index contributed by atoms with van der Waals surface area (Å²) < 4.78 is 37.0. The maximum Gasteiger partial charge on any atom is 0.326 e. The molecule has 0 bridgehead atoms. The summed E-state index contributed by atoms with van der Waals surface area (Å²) in [5.41, 5.74) is 0. The fourth-order valence-corrected chi connectivity index (χ4v) is 7.53. The molecule has 66 heavy (non-hydrogen) atoms. The van der Waals surface area contributed by atoms with Gasteiger partial charge >= 0.3 is 11.9 Å². The number of aryl methyl sites for hydroxylation is 1. The van der Waals surface area contributed by atoms with Crippen LogP contribution in [0.25, 0.3) is 0 Å². The van der Waals surface area contributed by atoms with E-state index in [2.05, 4.69) is 46.6 Å². The van der Waals surface area contributed by atoms with Gasteiger partial charge in [-0.2, -0.15) is 5.21 Å². The number of unbranched alkanes of at least 4 members (excludes halogenated alkanes) is 12. The first kappa shape index (κ1) is 58.9. The van der Waals surface area contributed by atoms with Crippen molar-refractivity contribution >= 4 is 57.3 Å². The number of nitrogens with zero attached hydrogens (tertiary/aromatic N) is 3. The van der Waals surface area contributed by atoms with E-state index in [-0.39, 0.29) is 96.7 Å². The number of carboxylic acid groups (broad SMARTS) is 2. The number of aromatic amines is 1. The largest absolute Gasteiger partial charge is 0.480 e. The molecule has 2 unspecified atom stereocenters. The number of hydrogen-bond acceptors (Lipinski definition) is 15. The standard InChI is InChI=1S/C42H73N9O14S/c1-32(52)31-65-29-28-64-27-26-44-37(54)23-21-33(41(58)59)46-39(56)24-22-34(42(60)61)45-38(55)19-15-25-43-36(53)20-16-30-66(62,63)49-40(57)18-14-12-10-8-6-4-2-3-5-7-9-11-13-17-35-47-50-51-48-35/h33-34H,2-31H2,1H3,(H,43,53)(H,44,54)(H,45,55)(H,46,56)(H,49,57)(H,58,59)(H,60,61)(H,47,48,50,51). The molecule has 376 valence electrons. The van der Waals surface area contributed by atoms with E-state index < -0.39 is 75.8 Å². The van der Waals surface area contributed by atoms with Gasteiger partial charge in [-0.1, -0.05) is 75.8 Å². The molecule has 0 fully saturated rings. The van der Waals surface area contributed by atoms with Crippen molar-refractivity contribution in [3.05, 3.63) is 5.82 Å². The fourth-order valence-electron chi connectivity index (χ4n) is 6.45. The number of amides is 5. The molecule has 23 nitrogen and oxygen atoms in total. The summed E-state index contributed by atoms with van der Waals surface area (Å²) in [5.74, 6) is -5.58. The normalized spacial score (nSPS) is 12.1. The molecule has 1 aromatic heterocycles. The first-order valence-corrected chi connectivity index (χ1v) is 24.7. The minimum Gasteiger partial charge on any atom is -0.480 e. The highest BCUT2D eigenvalue weighted by molar-refractivity contribution is 7.90. The van der Waals surface area contributed by atoms with Crippen LogP contribution in [0.5, 0.6) is 0 Å². The molecule has 0 saturated heterocycles. The van der Waals surface area contributed by atoms with Crippen LogP contribution >= 0.6 is 0 Å². The summed E-state index contributed by atoms with van der Waals surface area (Å²) in [7, 11) is -3.91. The van der Waals surface area contributed by atoms with E-state index in [1.165, 1.54) is 51.9 Å². The zero-order valence-electron chi connectivity index (χ0n) is 38.4. The van der Waals surface area contributed by atoms with Crippen LogP contribution in [0.2, 0.25) is 0 Å². The highest BCUT2D eigenvalue weighted by atomic mass is 32.2. The van der Waals surface area contributed by atoms with Gasteiger partial charge in [-0.05, 0) is 45.4 Å². The summed E-state index contributed by atoms with van der Waals surface area (Å²) in [5, 5.41) is 42.6. The topological polar surface area (TPSA) is 344 Å². The van der Waals surface area contributed by atoms with Crippen LogP contribution < -0.4 is 26.0 Å². The third kappa shape index (κ3) is 34.3. The molecule has 0 aliphatic carbocycles. The Labute approximate surface area is 387 Å². The molecule has 8 N–H and O–H groups in total. The lowest BCUT2D eigenvalue weighted by Crippen LogP contribution is -2.44. The number of ether oxygens (including phenoxy) is 2. The monoisotopic (exact) mass is 959 g/mol. The van der Waals surface area contributed by atoms with Gasteiger partial charge in [0.2, 0.25) is 39.6 Å². The highest BCUT2D eigenvalue weighted by Crippen LogP contribution is 2.14. The van der Waals surface area contributed by atoms with Crippen molar-refractivity contribution in [2.45, 2.75) is 167 Å². The zero-order valence-corrected chi connectivity index (χ0v) is 39.2. The van der Waals surface area contributed by atoms with Crippen molar-refractivity contribution in [1.29, 1.82) is 0 Å². The third-order valence-electron chi connectivity index (χ3n) is 10.0. The number of nitrogens with one attached hydrogen (secondary N) is 6. The minimum atomic E-state index is -3.91. The van der Waals surface area contributed by atoms with Crippen LogP contribution in [-0.2, 0) is 64.3 Å². The second-order valence-corrected chi connectivity index (χ2v) is 17.9. The first-order chi connectivity index (χ1) is 31.6. The van der Waals surface area contributed by atoms with E-state index in [9.17, 15) is 57.0 Å². The Kier molecular flexibility index (Phi) is 33.1. The lowest BCUT2D eigenvalue weighted by Gasteiger charge is -2.17. The second kappa shape index (κ2) is 37.0. The smallest absolute Gasteiger partial charge is 0.326 e. The highest BCUT2D eigenvalue weighted by Gasteiger charge is 2.24. The molecule has 0 aliphatic rings. The number of tetrazole rings is 1. The minimum absolute atomic E-state index is 0.0209. The van der Waals surface area contributed by atoms with E-state index in [1.807, 2.05) is 0 Å². The number of carbonyl (C=O) groups is 8. The van der Waals surface area contributed by atoms with Gasteiger partial charge in [-0.15, -0.1) is 10.2 Å². The maximum atomic E-state index is 12.4. The molecule has 0 saturated carbocycles. The van der Waals surface area contributed by atoms with Gasteiger partial charge < -0.3 is 41.0 Å². The lowest BCUT2D eigenvalue weighted by molar-refractivity contribution is -0.143. The molecule has 2 atom stereocenters. The van der Waals surface area contributed by atoms with Gasteiger partial charge in [0.1, 0.15) is 18.7 Å². The summed E-state index contributed by atoms with van der Waals surface area (Å²) in [6.45, 7) is 2.12. The van der Waals surface area contributed by atoms with E-state index in [0.717, 1.165) is 44.3 Å². The SMILES string of the molecule is CC(=O)COCCOCCNC(=O)CCC(NC(=O)CCC(NC(=O)CCCNC(=O)CCCS(=O)(=O)NC(=O)CCCCCCCCCCCCCCCc1nn[nH]n1)C(=O)O)C(=O)O. The molecular formula is C42H73N9O14S. The number of hydrogen-bond donors (Lipinski definition) is 8. The quantitative estimate of drug-likeness (QED) is 0.0432. The van der Waals surface area contributed by atoms with Crippen LogP contribution in [0.4, 0.5) is 0 Å². The van der Waals surface area contributed by atoms with Gasteiger partial charge in [-0.3, -0.25) is 33.5 Å². The van der Waals surface area contributed by atoms with Gasteiger partial charge in [0.25, 0.3) is 0 Å². The van der Waals surface area contributed by atoms with Crippen molar-refractivity contribution in [2.24, 2.45) is 0 Å². The van der Waals surface area contributed by atoms with E-state index in [4.69, 9.17) is 9.47 Å². The van der Waals surface area contributed by atoms with Crippen LogP contribution in [-0.4, -0.2) is 144 Å². The third-order valence-corrected chi connectivity index (χ3v) is 11.4. The summed E-state index contributed by atoms with van der Waals surface area (Å²) >= 11 is 0. The van der Waals surface area contributed by atoms with Crippen LogP contribution in [0, 0.1) is 0 Å². The van der Waals surface area contributed by atoms with Gasteiger partial charge in [0, 0.05) is 51.6 Å². The van der Waals surface area contributed by atoms with Crippen LogP contribution in [0.3, 0.4) is 0 Å². The van der Waals surface area contributed by atoms with Gasteiger partial charge in [0.15, 0.2) is 11.6 Å². The molecule has 24 heteroatoms. The molecule has 0 radical (unpaired) electrons. The van der Waals surface area contributed by atoms with Crippen molar-refractivity contribution in [1.82, 2.24) is 46.6 Å². The van der Waals surface area contributed by atoms with Crippen molar-refractivity contribution in [3.63, 3.8) is 0 Å². The van der Waals surface area contributed by atoms with Crippen molar-refractivity contribution in [2.75, 3.05) is 45.3 Å². The van der Waals surface area contributed by atoms with E-state index in [1.54, 1.807) is 0 Å². The molecule has 5 amide bonds. The number of rotatable bonds is 43. The molecule has 0 aliphatic heterocycles. The molecule has 1 heterocycles. The van der Waals surface area contributed by atoms with Crippen molar-refractivity contribution in [3.8, 4) is 0 Å². The Hall–Kier alpha value is -5.10. The number of aromatic nitrogens is 4. The number of Topliss-reactive ketones (excluding diaryl/α,β-unsaturated/α-hetero) is 1. The number of carboxylic acids is 2. The average molecular weight is 960 g/mol. The van der Waals surface area contributed by atoms with Crippen molar-refractivity contribution < 1.29 is 66.5 Å². The van der Waals surface area contributed by atoms with Crippen LogP contribution in [0.15, 0.2) is 0 Å². The lowest BCUT2D eigenvalue weighted by atomic mass is 10.0. The predicted octanol–water partition coefficient (Wildman–Crippen LogP) is 1.76.